The van der Waals surface area contributed by atoms with Crippen molar-refractivity contribution in [1.29, 1.82) is 0 Å². The lowest BCUT2D eigenvalue weighted by Gasteiger charge is -2.25. The number of ether oxygens (including phenoxy) is 1. The summed E-state index contributed by atoms with van der Waals surface area (Å²) in [5, 5.41) is 0.472. The van der Waals surface area contributed by atoms with E-state index in [0.717, 1.165) is 0 Å². The molecule has 1 unspecified atom stereocenters. The molecule has 0 radical (unpaired) electrons. The molecule has 1 aromatic carbocycles. The molecule has 15 heavy (non-hydrogen) atoms. The molecule has 1 aromatic rings. The van der Waals surface area contributed by atoms with Gasteiger partial charge in [-0.2, -0.15) is 0 Å². The zero-order valence-electron chi connectivity index (χ0n) is 9.21. The Morgan fingerprint density at radius 1 is 1.47 bits per heavy atom. The Labute approximate surface area is 95.2 Å². The van der Waals surface area contributed by atoms with Gasteiger partial charge in [-0.05, 0) is 25.5 Å². The topological polar surface area (TPSA) is 26.3 Å². The average Bonchev–Trinajstić information content (AvgIpc) is 2.28. The molecule has 0 fully saturated rings. The van der Waals surface area contributed by atoms with Gasteiger partial charge in [0, 0.05) is 12.7 Å². The minimum absolute atomic E-state index is 0.0712. The van der Waals surface area contributed by atoms with Gasteiger partial charge in [0.05, 0.1) is 5.02 Å². The van der Waals surface area contributed by atoms with E-state index in [-0.39, 0.29) is 5.78 Å². The maximum absolute atomic E-state index is 12.1. The van der Waals surface area contributed by atoms with Gasteiger partial charge in [-0.3, -0.25) is 4.79 Å². The van der Waals surface area contributed by atoms with Crippen LogP contribution in [0.1, 0.15) is 30.6 Å². The smallest absolute Gasteiger partial charge is 0.195 e. The van der Waals surface area contributed by atoms with Crippen molar-refractivity contribution in [2.24, 2.45) is 0 Å². The molecule has 0 N–H and O–H groups in total. The molecular weight excluding hydrogens is 212 g/mol. The fraction of sp³-hybridized carbons (Fsp3) is 0.417. The molecular formula is C12H15ClO2. The largest absolute Gasteiger partial charge is 0.370 e. The lowest BCUT2D eigenvalue weighted by atomic mass is 9.92. The molecule has 0 aromatic heterocycles. The monoisotopic (exact) mass is 226 g/mol. The van der Waals surface area contributed by atoms with Crippen molar-refractivity contribution in [1.82, 2.24) is 0 Å². The van der Waals surface area contributed by atoms with Crippen molar-refractivity contribution in [3.8, 4) is 0 Å². The zero-order chi connectivity index (χ0) is 11.5. The average molecular weight is 227 g/mol. The van der Waals surface area contributed by atoms with E-state index in [1.807, 2.05) is 6.92 Å². The summed E-state index contributed by atoms with van der Waals surface area (Å²) in [5.41, 5.74) is -0.268. The van der Waals surface area contributed by atoms with E-state index < -0.39 is 5.60 Å². The molecule has 0 heterocycles. The van der Waals surface area contributed by atoms with Gasteiger partial charge in [0.15, 0.2) is 5.78 Å². The molecule has 0 aliphatic heterocycles. The number of Topliss-reactive ketones (excluding diaryl/α,β-unsaturated/α-hetero) is 1. The highest BCUT2D eigenvalue weighted by molar-refractivity contribution is 6.34. The van der Waals surface area contributed by atoms with E-state index >= 15 is 0 Å². The number of benzene rings is 1. The van der Waals surface area contributed by atoms with Gasteiger partial charge in [0.25, 0.3) is 0 Å². The summed E-state index contributed by atoms with van der Waals surface area (Å²) in [4.78, 5) is 12.1. The predicted octanol–water partition coefficient (Wildman–Crippen LogP) is 3.34. The van der Waals surface area contributed by atoms with E-state index in [2.05, 4.69) is 0 Å². The summed E-state index contributed by atoms with van der Waals surface area (Å²) in [6.07, 6.45) is 0.619. The third-order valence-corrected chi connectivity index (χ3v) is 3.05. The molecule has 0 amide bonds. The van der Waals surface area contributed by atoms with Crippen molar-refractivity contribution in [3.05, 3.63) is 34.9 Å². The van der Waals surface area contributed by atoms with Crippen molar-refractivity contribution in [2.45, 2.75) is 25.9 Å². The van der Waals surface area contributed by atoms with Crippen LogP contribution in [0.5, 0.6) is 0 Å². The van der Waals surface area contributed by atoms with Crippen LogP contribution in [-0.4, -0.2) is 18.5 Å². The first-order valence-corrected chi connectivity index (χ1v) is 5.27. The molecule has 0 aliphatic rings. The third kappa shape index (κ3) is 2.39. The highest BCUT2D eigenvalue weighted by Gasteiger charge is 2.32. The Kier molecular flexibility index (Phi) is 3.89. The maximum atomic E-state index is 12.1. The zero-order valence-corrected chi connectivity index (χ0v) is 9.97. The molecule has 0 saturated carbocycles. The van der Waals surface area contributed by atoms with Crippen LogP contribution in [0.3, 0.4) is 0 Å². The van der Waals surface area contributed by atoms with Gasteiger partial charge in [-0.25, -0.2) is 0 Å². The van der Waals surface area contributed by atoms with Crippen molar-refractivity contribution >= 4 is 17.4 Å². The van der Waals surface area contributed by atoms with Crippen LogP contribution in [0.15, 0.2) is 24.3 Å². The van der Waals surface area contributed by atoms with E-state index in [1.54, 1.807) is 31.2 Å². The Hall–Kier alpha value is -0.860. The molecule has 82 valence electrons. The van der Waals surface area contributed by atoms with Gasteiger partial charge in [0.2, 0.25) is 0 Å². The highest BCUT2D eigenvalue weighted by Crippen LogP contribution is 2.25. The van der Waals surface area contributed by atoms with Crippen LogP contribution in [0, 0.1) is 0 Å². The van der Waals surface area contributed by atoms with Gasteiger partial charge < -0.3 is 4.74 Å². The molecule has 0 spiro atoms. The van der Waals surface area contributed by atoms with Gasteiger partial charge in [0.1, 0.15) is 5.60 Å². The molecule has 0 bridgehead atoms. The van der Waals surface area contributed by atoms with E-state index in [0.29, 0.717) is 17.0 Å². The van der Waals surface area contributed by atoms with Crippen LogP contribution >= 0.6 is 11.6 Å². The number of methoxy groups -OCH3 is 1. The highest BCUT2D eigenvalue weighted by atomic mass is 35.5. The van der Waals surface area contributed by atoms with E-state index in [4.69, 9.17) is 16.3 Å². The van der Waals surface area contributed by atoms with Gasteiger partial charge >= 0.3 is 0 Å². The number of carbonyl (C=O) groups is 1. The Morgan fingerprint density at radius 3 is 2.53 bits per heavy atom. The number of hydrogen-bond acceptors (Lipinski definition) is 2. The second-order valence-electron chi connectivity index (χ2n) is 3.60. The first kappa shape index (κ1) is 12.2. The van der Waals surface area contributed by atoms with Crippen LogP contribution in [0.2, 0.25) is 5.02 Å². The summed E-state index contributed by atoms with van der Waals surface area (Å²) < 4.78 is 5.25. The quantitative estimate of drug-likeness (QED) is 0.736. The third-order valence-electron chi connectivity index (χ3n) is 2.72. The number of halogens is 1. The van der Waals surface area contributed by atoms with Crippen molar-refractivity contribution in [2.75, 3.05) is 7.11 Å². The minimum atomic E-state index is -0.787. The maximum Gasteiger partial charge on any atom is 0.195 e. The van der Waals surface area contributed by atoms with Crippen molar-refractivity contribution < 1.29 is 9.53 Å². The van der Waals surface area contributed by atoms with Crippen LogP contribution in [-0.2, 0) is 4.74 Å². The number of carbonyl (C=O) groups excluding carboxylic acids is 1. The second-order valence-corrected chi connectivity index (χ2v) is 4.00. The Balaban J connectivity index is 3.09. The van der Waals surface area contributed by atoms with Gasteiger partial charge in [-0.1, -0.05) is 30.7 Å². The van der Waals surface area contributed by atoms with Crippen LogP contribution < -0.4 is 0 Å². The number of hydrogen-bond donors (Lipinski definition) is 0. The molecule has 3 heteroatoms. The number of ketones is 1. The second kappa shape index (κ2) is 4.77. The molecule has 0 saturated heterocycles. The normalized spacial score (nSPS) is 14.7. The summed E-state index contributed by atoms with van der Waals surface area (Å²) in [5.74, 6) is -0.0712. The fourth-order valence-corrected chi connectivity index (χ4v) is 1.55. The van der Waals surface area contributed by atoms with E-state index in [1.165, 1.54) is 7.11 Å². The SMILES string of the molecule is CCC(C)(OC)C(=O)c1ccccc1Cl. The Morgan fingerprint density at radius 2 is 2.07 bits per heavy atom. The summed E-state index contributed by atoms with van der Waals surface area (Å²) >= 11 is 5.96. The molecule has 2 nitrogen and oxygen atoms in total. The summed E-state index contributed by atoms with van der Waals surface area (Å²) in [7, 11) is 1.54. The summed E-state index contributed by atoms with van der Waals surface area (Å²) in [6.45, 7) is 3.69. The minimum Gasteiger partial charge on any atom is -0.370 e. The van der Waals surface area contributed by atoms with Gasteiger partial charge in [-0.15, -0.1) is 0 Å². The van der Waals surface area contributed by atoms with Crippen LogP contribution in [0.25, 0.3) is 0 Å². The fourth-order valence-electron chi connectivity index (χ4n) is 1.33. The Bertz CT molecular complexity index is 356. The molecule has 1 atom stereocenters. The predicted molar refractivity (Wildman–Crippen MR) is 61.5 cm³/mol. The number of rotatable bonds is 4. The molecule has 1 rings (SSSR count). The van der Waals surface area contributed by atoms with Crippen LogP contribution in [0.4, 0.5) is 0 Å². The summed E-state index contributed by atoms with van der Waals surface area (Å²) in [6, 6.07) is 7.03. The lowest BCUT2D eigenvalue weighted by molar-refractivity contribution is 0.0106. The first-order chi connectivity index (χ1) is 7.05. The van der Waals surface area contributed by atoms with E-state index in [9.17, 15) is 4.79 Å². The molecule has 0 aliphatic carbocycles. The first-order valence-electron chi connectivity index (χ1n) is 4.89. The lowest BCUT2D eigenvalue weighted by Crippen LogP contribution is -2.36. The van der Waals surface area contributed by atoms with Crippen molar-refractivity contribution in [3.63, 3.8) is 0 Å². The standard InChI is InChI=1S/C12H15ClO2/c1-4-12(2,15-3)11(14)9-7-5-6-8-10(9)13/h5-8H,4H2,1-3H3.